The van der Waals surface area contributed by atoms with Crippen molar-refractivity contribution < 1.29 is 4.74 Å². The molecule has 22 heavy (non-hydrogen) atoms. The molecule has 3 aliphatic heterocycles. The second-order valence-electron chi connectivity index (χ2n) is 6.72. The molecule has 0 spiro atoms. The predicted octanol–water partition coefficient (Wildman–Crippen LogP) is 2.89. The van der Waals surface area contributed by atoms with Crippen LogP contribution in [0.2, 0.25) is 0 Å². The van der Waals surface area contributed by atoms with Crippen molar-refractivity contribution in [1.82, 2.24) is 9.97 Å². The van der Waals surface area contributed by atoms with Crippen molar-refractivity contribution >= 4 is 22.9 Å². The summed E-state index contributed by atoms with van der Waals surface area (Å²) in [5.41, 5.74) is 2.11. The van der Waals surface area contributed by atoms with Gasteiger partial charge in [0.1, 0.15) is 0 Å². The van der Waals surface area contributed by atoms with Gasteiger partial charge in [-0.1, -0.05) is 18.7 Å². The van der Waals surface area contributed by atoms with E-state index in [1.54, 1.807) is 0 Å². The first-order chi connectivity index (χ1) is 10.8. The van der Waals surface area contributed by atoms with Crippen LogP contribution in [-0.2, 0) is 4.74 Å². The van der Waals surface area contributed by atoms with Crippen LogP contribution in [0.4, 0.5) is 5.95 Å². The van der Waals surface area contributed by atoms with Crippen LogP contribution in [-0.4, -0.2) is 35.3 Å². The third-order valence-corrected chi connectivity index (χ3v) is 5.56. The molecule has 112 valence electrons. The van der Waals surface area contributed by atoms with E-state index in [1.165, 1.54) is 12.8 Å². The van der Waals surface area contributed by atoms with Crippen molar-refractivity contribution in [3.63, 3.8) is 0 Å². The Morgan fingerprint density at radius 3 is 2.68 bits per heavy atom. The van der Waals surface area contributed by atoms with Gasteiger partial charge in [0.15, 0.2) is 0 Å². The Kier molecular flexibility index (Phi) is 2.59. The average molecular weight is 293 g/mol. The zero-order valence-corrected chi connectivity index (χ0v) is 12.5. The normalized spacial score (nSPS) is 32.6. The third-order valence-electron chi connectivity index (χ3n) is 5.56. The van der Waals surface area contributed by atoms with Gasteiger partial charge in [-0.25, -0.2) is 9.97 Å². The van der Waals surface area contributed by atoms with E-state index < -0.39 is 0 Å². The molecule has 1 aromatic heterocycles. The van der Waals surface area contributed by atoms with Gasteiger partial charge in [-0.2, -0.15) is 0 Å². The van der Waals surface area contributed by atoms with E-state index in [-0.39, 0.29) is 0 Å². The Morgan fingerprint density at radius 1 is 1.18 bits per heavy atom. The van der Waals surface area contributed by atoms with E-state index in [1.807, 2.05) is 12.3 Å². The lowest BCUT2D eigenvalue weighted by Gasteiger charge is -2.18. The predicted molar refractivity (Wildman–Crippen MR) is 86.7 cm³/mol. The summed E-state index contributed by atoms with van der Waals surface area (Å²) in [7, 11) is 0. The van der Waals surface area contributed by atoms with Crippen molar-refractivity contribution in [2.24, 2.45) is 11.8 Å². The number of aromatic nitrogens is 2. The van der Waals surface area contributed by atoms with Crippen molar-refractivity contribution in [1.29, 1.82) is 0 Å². The van der Waals surface area contributed by atoms with Crippen LogP contribution in [0.5, 0.6) is 0 Å². The number of rotatable bonds is 2. The standard InChI is InChI=1S/C18H19N3O/c1-2-11-3-4-15-12(7-11)8-19-18(20-15)21-9-13-14(10-21)17-6-5-16(13)22-17/h2-4,7-8,13-14,16-17H,1,5-6,9-10H2/t13-,14+,16?,17?. The number of anilines is 1. The van der Waals surface area contributed by atoms with E-state index in [4.69, 9.17) is 9.72 Å². The van der Waals surface area contributed by atoms with Crippen LogP contribution < -0.4 is 4.90 Å². The molecule has 4 heterocycles. The molecule has 3 aliphatic rings. The molecular formula is C18H19N3O. The molecule has 0 radical (unpaired) electrons. The van der Waals surface area contributed by atoms with Crippen LogP contribution in [0.3, 0.4) is 0 Å². The lowest BCUT2D eigenvalue weighted by Crippen LogP contribution is -2.26. The summed E-state index contributed by atoms with van der Waals surface area (Å²) >= 11 is 0. The van der Waals surface area contributed by atoms with Gasteiger partial charge >= 0.3 is 0 Å². The molecule has 0 amide bonds. The molecule has 0 N–H and O–H groups in total. The first kappa shape index (κ1) is 12.6. The monoisotopic (exact) mass is 293 g/mol. The van der Waals surface area contributed by atoms with E-state index in [9.17, 15) is 0 Å². The molecule has 2 aromatic rings. The second kappa shape index (κ2) is 4.53. The topological polar surface area (TPSA) is 38.2 Å². The summed E-state index contributed by atoms with van der Waals surface area (Å²) in [5, 5.41) is 1.07. The highest BCUT2D eigenvalue weighted by Crippen LogP contribution is 2.47. The van der Waals surface area contributed by atoms with Gasteiger partial charge in [-0.3, -0.25) is 0 Å². The average Bonchev–Trinajstić information content (AvgIpc) is 3.26. The Bertz CT molecular complexity index is 741. The summed E-state index contributed by atoms with van der Waals surface area (Å²) in [6.07, 6.45) is 7.23. The van der Waals surface area contributed by atoms with Gasteiger partial charge < -0.3 is 9.64 Å². The molecule has 0 aliphatic carbocycles. The quantitative estimate of drug-likeness (QED) is 0.853. The number of benzene rings is 1. The first-order valence-electron chi connectivity index (χ1n) is 8.11. The lowest BCUT2D eigenvalue weighted by molar-refractivity contribution is 0.0849. The van der Waals surface area contributed by atoms with E-state index in [0.29, 0.717) is 24.0 Å². The molecule has 4 heteroatoms. The molecule has 1 aromatic carbocycles. The van der Waals surface area contributed by atoms with Crippen LogP contribution in [0, 0.1) is 11.8 Å². The highest BCUT2D eigenvalue weighted by Gasteiger charge is 2.53. The second-order valence-corrected chi connectivity index (χ2v) is 6.72. The van der Waals surface area contributed by atoms with Crippen molar-refractivity contribution in [3.8, 4) is 0 Å². The van der Waals surface area contributed by atoms with Gasteiger partial charge in [-0.15, -0.1) is 0 Å². The van der Waals surface area contributed by atoms with Gasteiger partial charge in [0.25, 0.3) is 0 Å². The number of ether oxygens (including phenoxy) is 1. The highest BCUT2D eigenvalue weighted by molar-refractivity contribution is 5.81. The molecule has 3 saturated heterocycles. The molecule has 4 nitrogen and oxygen atoms in total. The van der Waals surface area contributed by atoms with Gasteiger partial charge in [0.05, 0.1) is 17.7 Å². The van der Waals surface area contributed by atoms with E-state index in [0.717, 1.165) is 35.5 Å². The maximum atomic E-state index is 6.04. The number of nitrogens with zero attached hydrogens (tertiary/aromatic N) is 3. The maximum Gasteiger partial charge on any atom is 0.225 e. The Hall–Kier alpha value is -1.94. The van der Waals surface area contributed by atoms with Crippen molar-refractivity contribution in [2.75, 3.05) is 18.0 Å². The molecule has 2 bridgehead atoms. The minimum atomic E-state index is 0.482. The Balaban J connectivity index is 1.46. The number of hydrogen-bond donors (Lipinski definition) is 0. The SMILES string of the molecule is C=Cc1ccc2nc(N3C[C@@H]4C5CCC(O5)[C@@H]4C3)ncc2c1. The molecule has 5 rings (SSSR count). The minimum absolute atomic E-state index is 0.482. The molecule has 3 fully saturated rings. The Morgan fingerprint density at radius 2 is 1.95 bits per heavy atom. The summed E-state index contributed by atoms with van der Waals surface area (Å²) in [5.74, 6) is 2.23. The zero-order valence-electron chi connectivity index (χ0n) is 12.5. The molecule has 4 atom stereocenters. The summed E-state index contributed by atoms with van der Waals surface area (Å²) in [6, 6.07) is 6.19. The zero-order chi connectivity index (χ0) is 14.7. The highest BCUT2D eigenvalue weighted by atomic mass is 16.5. The van der Waals surface area contributed by atoms with E-state index in [2.05, 4.69) is 34.7 Å². The largest absolute Gasteiger partial charge is 0.374 e. The van der Waals surface area contributed by atoms with Crippen molar-refractivity contribution in [3.05, 3.63) is 36.5 Å². The van der Waals surface area contributed by atoms with E-state index >= 15 is 0 Å². The fraction of sp³-hybridized carbons (Fsp3) is 0.444. The first-order valence-corrected chi connectivity index (χ1v) is 8.11. The van der Waals surface area contributed by atoms with Crippen LogP contribution in [0.25, 0.3) is 17.0 Å². The fourth-order valence-electron chi connectivity index (χ4n) is 4.44. The summed E-state index contributed by atoms with van der Waals surface area (Å²) in [4.78, 5) is 11.7. The maximum absolute atomic E-state index is 6.04. The van der Waals surface area contributed by atoms with Gasteiger partial charge in [0.2, 0.25) is 5.95 Å². The lowest BCUT2D eigenvalue weighted by atomic mass is 9.82. The molecule has 2 unspecified atom stereocenters. The van der Waals surface area contributed by atoms with Crippen LogP contribution in [0.1, 0.15) is 18.4 Å². The minimum Gasteiger partial charge on any atom is -0.374 e. The third kappa shape index (κ3) is 1.73. The van der Waals surface area contributed by atoms with Crippen LogP contribution in [0.15, 0.2) is 31.0 Å². The number of fused-ring (bicyclic) bond motifs is 6. The Labute approximate surface area is 129 Å². The van der Waals surface area contributed by atoms with Gasteiger partial charge in [-0.05, 0) is 30.5 Å². The van der Waals surface area contributed by atoms with Gasteiger partial charge in [0, 0.05) is 36.5 Å². The molecule has 0 saturated carbocycles. The number of hydrogen-bond acceptors (Lipinski definition) is 4. The molecular weight excluding hydrogens is 274 g/mol. The summed E-state index contributed by atoms with van der Waals surface area (Å²) < 4.78 is 6.04. The van der Waals surface area contributed by atoms with Crippen LogP contribution >= 0.6 is 0 Å². The smallest absolute Gasteiger partial charge is 0.225 e. The van der Waals surface area contributed by atoms with Crippen molar-refractivity contribution in [2.45, 2.75) is 25.0 Å². The summed E-state index contributed by atoms with van der Waals surface area (Å²) in [6.45, 7) is 5.90. The fourth-order valence-corrected chi connectivity index (χ4v) is 4.44.